The zero-order valence-electron chi connectivity index (χ0n) is 18.5. The van der Waals surface area contributed by atoms with Crippen LogP contribution in [-0.4, -0.2) is 54.3 Å². The van der Waals surface area contributed by atoms with Crippen molar-refractivity contribution in [1.82, 2.24) is 10.2 Å². The maximum atomic E-state index is 13.9. The highest BCUT2D eigenvalue weighted by Gasteiger charge is 2.73. The molecular weight excluding hydrogens is 422 g/mol. The number of aryl methyl sites for hydroxylation is 1. The fourth-order valence-corrected chi connectivity index (χ4v) is 5.76. The second kappa shape index (κ2) is 7.81. The Morgan fingerprint density at radius 1 is 1.06 bits per heavy atom. The van der Waals surface area contributed by atoms with Gasteiger partial charge in [-0.3, -0.25) is 24.1 Å². The van der Waals surface area contributed by atoms with Crippen molar-refractivity contribution in [3.63, 3.8) is 0 Å². The molecule has 0 saturated carbocycles. The number of esters is 1. The first-order valence-electron chi connectivity index (χ1n) is 11.0. The Bertz CT molecular complexity index is 1130. The Hall–Kier alpha value is -3.52. The van der Waals surface area contributed by atoms with Crippen LogP contribution in [0.2, 0.25) is 0 Å². The SMILES string of the molecule is COC(=O)C[C@]12C(=O)NCCN1[C@H](c1ccccc1)[C@H]1C(=O)N(c3ccc(C)cc3)C(=O)[C@H]12. The molecule has 1 N–H and O–H groups in total. The van der Waals surface area contributed by atoms with E-state index in [0.717, 1.165) is 11.1 Å². The Kier molecular flexibility index (Phi) is 5.05. The average molecular weight is 447 g/mol. The van der Waals surface area contributed by atoms with Crippen LogP contribution in [0.1, 0.15) is 23.6 Å². The lowest BCUT2D eigenvalue weighted by Gasteiger charge is -2.45. The number of hydrogen-bond donors (Lipinski definition) is 1. The van der Waals surface area contributed by atoms with E-state index in [1.54, 1.807) is 12.1 Å². The summed E-state index contributed by atoms with van der Waals surface area (Å²) in [5.41, 5.74) is 0.803. The van der Waals surface area contributed by atoms with E-state index in [4.69, 9.17) is 4.74 Å². The number of imide groups is 1. The quantitative estimate of drug-likeness (QED) is 0.565. The molecule has 0 spiro atoms. The first-order chi connectivity index (χ1) is 15.9. The summed E-state index contributed by atoms with van der Waals surface area (Å²) in [5.74, 6) is -3.63. The summed E-state index contributed by atoms with van der Waals surface area (Å²) in [5, 5.41) is 2.84. The first kappa shape index (κ1) is 21.3. The molecule has 0 aromatic heterocycles. The molecule has 8 heteroatoms. The van der Waals surface area contributed by atoms with Gasteiger partial charge in [-0.15, -0.1) is 0 Å². The fraction of sp³-hybridized carbons (Fsp3) is 0.360. The van der Waals surface area contributed by atoms with E-state index in [1.165, 1.54) is 12.0 Å². The minimum Gasteiger partial charge on any atom is -0.469 e. The highest BCUT2D eigenvalue weighted by molar-refractivity contribution is 6.24. The van der Waals surface area contributed by atoms with Gasteiger partial charge >= 0.3 is 5.97 Å². The number of carbonyl (C=O) groups excluding carboxylic acids is 4. The summed E-state index contributed by atoms with van der Waals surface area (Å²) >= 11 is 0. The van der Waals surface area contributed by atoms with Crippen LogP contribution in [0, 0.1) is 18.8 Å². The van der Waals surface area contributed by atoms with Gasteiger partial charge in [0.25, 0.3) is 0 Å². The van der Waals surface area contributed by atoms with Crippen molar-refractivity contribution in [3.8, 4) is 0 Å². The molecule has 3 amide bonds. The number of fused-ring (bicyclic) bond motifs is 3. The molecule has 33 heavy (non-hydrogen) atoms. The Morgan fingerprint density at radius 2 is 1.76 bits per heavy atom. The van der Waals surface area contributed by atoms with Gasteiger partial charge in [0.1, 0.15) is 5.54 Å². The molecule has 4 atom stereocenters. The number of amides is 3. The van der Waals surface area contributed by atoms with E-state index < -0.39 is 41.2 Å². The summed E-state index contributed by atoms with van der Waals surface area (Å²) in [6.45, 7) is 2.71. The predicted molar refractivity (Wildman–Crippen MR) is 119 cm³/mol. The van der Waals surface area contributed by atoms with Crippen molar-refractivity contribution in [2.75, 3.05) is 25.1 Å². The van der Waals surface area contributed by atoms with Crippen molar-refractivity contribution in [2.24, 2.45) is 11.8 Å². The van der Waals surface area contributed by atoms with Gasteiger partial charge < -0.3 is 10.1 Å². The zero-order valence-corrected chi connectivity index (χ0v) is 18.5. The van der Waals surface area contributed by atoms with Crippen molar-refractivity contribution in [3.05, 3.63) is 65.7 Å². The van der Waals surface area contributed by atoms with Crippen LogP contribution < -0.4 is 10.2 Å². The highest BCUT2D eigenvalue weighted by atomic mass is 16.5. The molecule has 3 aliphatic heterocycles. The monoisotopic (exact) mass is 447 g/mol. The molecule has 170 valence electrons. The number of anilines is 1. The molecule has 2 aromatic rings. The molecule has 2 aromatic carbocycles. The van der Waals surface area contributed by atoms with Crippen molar-refractivity contribution < 1.29 is 23.9 Å². The molecule has 0 bridgehead atoms. The van der Waals surface area contributed by atoms with Gasteiger partial charge in [-0.05, 0) is 24.6 Å². The van der Waals surface area contributed by atoms with Gasteiger partial charge in [-0.2, -0.15) is 0 Å². The largest absolute Gasteiger partial charge is 0.469 e. The molecule has 3 saturated heterocycles. The van der Waals surface area contributed by atoms with Crippen LogP contribution in [0.3, 0.4) is 0 Å². The lowest BCUT2D eigenvalue weighted by atomic mass is 9.76. The lowest BCUT2D eigenvalue weighted by Crippen LogP contribution is -2.67. The molecule has 5 rings (SSSR count). The van der Waals surface area contributed by atoms with Crippen molar-refractivity contribution in [1.29, 1.82) is 0 Å². The van der Waals surface area contributed by atoms with Gasteiger partial charge in [0.15, 0.2) is 0 Å². The number of nitrogens with zero attached hydrogens (tertiary/aromatic N) is 2. The molecule has 3 heterocycles. The third kappa shape index (κ3) is 3.01. The van der Waals surface area contributed by atoms with Crippen LogP contribution in [0.25, 0.3) is 0 Å². The van der Waals surface area contributed by atoms with Gasteiger partial charge in [-0.25, -0.2) is 4.90 Å². The van der Waals surface area contributed by atoms with E-state index in [-0.39, 0.29) is 12.3 Å². The molecule has 8 nitrogen and oxygen atoms in total. The zero-order chi connectivity index (χ0) is 23.3. The number of benzene rings is 2. The number of carbonyl (C=O) groups is 4. The lowest BCUT2D eigenvalue weighted by molar-refractivity contribution is -0.154. The van der Waals surface area contributed by atoms with Gasteiger partial charge in [0.05, 0.1) is 31.1 Å². The third-order valence-electron chi connectivity index (χ3n) is 7.16. The number of nitrogens with one attached hydrogen (secondary N) is 1. The number of piperazine rings is 1. The van der Waals surface area contributed by atoms with E-state index in [9.17, 15) is 19.2 Å². The van der Waals surface area contributed by atoms with Crippen LogP contribution in [0.5, 0.6) is 0 Å². The predicted octanol–water partition coefficient (Wildman–Crippen LogP) is 1.59. The van der Waals surface area contributed by atoms with Gasteiger partial charge in [-0.1, -0.05) is 48.0 Å². The summed E-state index contributed by atoms with van der Waals surface area (Å²) in [6.07, 6.45) is -0.305. The second-order valence-electron chi connectivity index (χ2n) is 8.83. The van der Waals surface area contributed by atoms with E-state index in [2.05, 4.69) is 5.32 Å². The first-order valence-corrected chi connectivity index (χ1v) is 11.0. The van der Waals surface area contributed by atoms with Gasteiger partial charge in [0, 0.05) is 19.1 Å². The van der Waals surface area contributed by atoms with Crippen LogP contribution >= 0.6 is 0 Å². The number of hydrogen-bond acceptors (Lipinski definition) is 6. The molecular formula is C25H25N3O5. The van der Waals surface area contributed by atoms with E-state index >= 15 is 0 Å². The topological polar surface area (TPSA) is 96.0 Å². The third-order valence-corrected chi connectivity index (χ3v) is 7.16. The summed E-state index contributed by atoms with van der Waals surface area (Å²) in [4.78, 5) is 56.8. The summed E-state index contributed by atoms with van der Waals surface area (Å²) < 4.78 is 4.93. The molecule has 0 aliphatic carbocycles. The molecule has 0 radical (unpaired) electrons. The summed E-state index contributed by atoms with van der Waals surface area (Å²) in [6, 6.07) is 16.0. The van der Waals surface area contributed by atoms with Crippen molar-refractivity contribution in [2.45, 2.75) is 24.9 Å². The Morgan fingerprint density at radius 3 is 2.42 bits per heavy atom. The molecule has 0 unspecified atom stereocenters. The van der Waals surface area contributed by atoms with E-state index in [0.29, 0.717) is 18.8 Å². The minimum atomic E-state index is -1.50. The molecule has 3 fully saturated rings. The average Bonchev–Trinajstić information content (AvgIpc) is 3.26. The minimum absolute atomic E-state index is 0.305. The van der Waals surface area contributed by atoms with Crippen LogP contribution in [0.15, 0.2) is 54.6 Å². The van der Waals surface area contributed by atoms with E-state index in [1.807, 2.05) is 54.3 Å². The standard InChI is InChI=1S/C25H25N3O5/c1-15-8-10-17(11-9-15)28-22(30)19-20(23(28)31)25(14-18(29)33-2)24(32)26-12-13-27(25)21(19)16-6-4-3-5-7-16/h3-11,19-21H,12-14H2,1-2H3,(H,26,32)/t19-,20-,21+,25-/m0/s1. The molecule has 3 aliphatic rings. The normalized spacial score (nSPS) is 29.0. The summed E-state index contributed by atoms with van der Waals surface area (Å²) in [7, 11) is 1.26. The number of methoxy groups -OCH3 is 1. The maximum absolute atomic E-state index is 13.9. The maximum Gasteiger partial charge on any atom is 0.307 e. The van der Waals surface area contributed by atoms with Crippen LogP contribution in [0.4, 0.5) is 5.69 Å². The smallest absolute Gasteiger partial charge is 0.307 e. The van der Waals surface area contributed by atoms with Gasteiger partial charge in [0.2, 0.25) is 17.7 Å². The van der Waals surface area contributed by atoms with Crippen LogP contribution in [-0.2, 0) is 23.9 Å². The number of rotatable bonds is 4. The Labute approximate surface area is 191 Å². The number of ether oxygens (including phenoxy) is 1. The van der Waals surface area contributed by atoms with Crippen molar-refractivity contribution >= 4 is 29.4 Å². The Balaban J connectivity index is 1.70. The second-order valence-corrected chi connectivity index (χ2v) is 8.83. The highest BCUT2D eigenvalue weighted by Crippen LogP contribution is 2.57. The fourth-order valence-electron chi connectivity index (χ4n) is 5.76.